The summed E-state index contributed by atoms with van der Waals surface area (Å²) in [6.45, 7) is 1.74. The van der Waals surface area contributed by atoms with Crippen LogP contribution in [0, 0.1) is 5.92 Å². The van der Waals surface area contributed by atoms with Gasteiger partial charge in [0.1, 0.15) is 0 Å². The molecule has 2 aromatic carbocycles. The normalized spacial score (nSPS) is 12.8. The third kappa shape index (κ3) is 4.23. The second-order valence-corrected chi connectivity index (χ2v) is 6.19. The first-order valence-corrected chi connectivity index (χ1v) is 8.62. The van der Waals surface area contributed by atoms with Gasteiger partial charge in [-0.3, -0.25) is 9.59 Å². The molecule has 1 amide bonds. The Labute approximate surface area is 157 Å². The van der Waals surface area contributed by atoms with Crippen LogP contribution in [0.5, 0.6) is 0 Å². The molecule has 0 fully saturated rings. The van der Waals surface area contributed by atoms with E-state index in [2.05, 4.69) is 10.3 Å². The molecule has 1 heterocycles. The van der Waals surface area contributed by atoms with E-state index in [1.54, 1.807) is 31.6 Å². The minimum absolute atomic E-state index is 0.262. The van der Waals surface area contributed by atoms with Crippen LogP contribution in [0.15, 0.2) is 73.3 Å². The van der Waals surface area contributed by atoms with Gasteiger partial charge in [0, 0.05) is 23.6 Å². The van der Waals surface area contributed by atoms with Crippen molar-refractivity contribution in [3.8, 4) is 5.69 Å². The van der Waals surface area contributed by atoms with Crippen LogP contribution in [0.4, 0.5) is 0 Å². The maximum Gasteiger partial charge on any atom is 0.310 e. The zero-order valence-electron chi connectivity index (χ0n) is 15.2. The first-order chi connectivity index (χ1) is 13.1. The minimum atomic E-state index is -0.529. The topological polar surface area (TPSA) is 73.2 Å². The van der Waals surface area contributed by atoms with Gasteiger partial charge in [-0.2, -0.15) is 0 Å². The molecule has 6 nitrogen and oxygen atoms in total. The van der Waals surface area contributed by atoms with Crippen LogP contribution in [0.3, 0.4) is 0 Å². The molecule has 3 aromatic rings. The molecular weight excluding hydrogens is 342 g/mol. The molecule has 1 aromatic heterocycles. The second-order valence-electron chi connectivity index (χ2n) is 6.19. The lowest BCUT2D eigenvalue weighted by Gasteiger charge is -2.24. The van der Waals surface area contributed by atoms with Gasteiger partial charge < -0.3 is 14.6 Å². The Balaban J connectivity index is 1.86. The number of aromatic nitrogens is 2. The van der Waals surface area contributed by atoms with Crippen LogP contribution in [0.25, 0.3) is 5.69 Å². The summed E-state index contributed by atoms with van der Waals surface area (Å²) in [7, 11) is 1.34. The Bertz CT molecular complexity index is 907. The Hall–Kier alpha value is -3.41. The number of amides is 1. The zero-order valence-corrected chi connectivity index (χ0v) is 15.2. The van der Waals surface area contributed by atoms with Gasteiger partial charge in [0.15, 0.2) is 0 Å². The van der Waals surface area contributed by atoms with Crippen LogP contribution < -0.4 is 5.32 Å². The smallest absolute Gasteiger partial charge is 0.310 e. The highest BCUT2D eigenvalue weighted by molar-refractivity contribution is 5.95. The first kappa shape index (κ1) is 18.4. The second kappa shape index (κ2) is 8.31. The van der Waals surface area contributed by atoms with Crippen molar-refractivity contribution >= 4 is 11.9 Å². The quantitative estimate of drug-likeness (QED) is 0.683. The summed E-state index contributed by atoms with van der Waals surface area (Å²) in [5.74, 6) is -1.17. The van der Waals surface area contributed by atoms with Gasteiger partial charge in [0.2, 0.25) is 0 Å². The van der Waals surface area contributed by atoms with Gasteiger partial charge in [-0.15, -0.1) is 0 Å². The predicted octanol–water partition coefficient (Wildman–Crippen LogP) is 3.15. The van der Waals surface area contributed by atoms with Crippen LogP contribution >= 0.6 is 0 Å². The van der Waals surface area contributed by atoms with Crippen LogP contribution in [0.1, 0.15) is 28.9 Å². The fourth-order valence-electron chi connectivity index (χ4n) is 2.92. The number of nitrogens with zero attached hydrogens (tertiary/aromatic N) is 2. The number of esters is 1. The SMILES string of the molecule is COC(=O)[C@@H](C)[C@@H](NC(=O)c1cccc(-n2ccnc2)c1)c1ccccc1. The molecule has 0 spiro atoms. The van der Waals surface area contributed by atoms with Gasteiger partial charge in [0.05, 0.1) is 25.4 Å². The molecule has 0 radical (unpaired) electrons. The van der Waals surface area contributed by atoms with E-state index in [0.717, 1.165) is 11.3 Å². The molecule has 6 heteroatoms. The summed E-state index contributed by atoms with van der Waals surface area (Å²) in [5, 5.41) is 2.97. The molecule has 0 saturated carbocycles. The third-order valence-corrected chi connectivity index (χ3v) is 4.43. The molecule has 0 aliphatic rings. The lowest BCUT2D eigenvalue weighted by molar-refractivity contribution is -0.145. The molecule has 0 bridgehead atoms. The fraction of sp³-hybridized carbons (Fsp3) is 0.190. The first-order valence-electron chi connectivity index (χ1n) is 8.62. The van der Waals surface area contributed by atoms with Crippen molar-refractivity contribution in [2.24, 2.45) is 5.92 Å². The third-order valence-electron chi connectivity index (χ3n) is 4.43. The van der Waals surface area contributed by atoms with E-state index in [0.29, 0.717) is 5.56 Å². The molecule has 0 unspecified atom stereocenters. The van der Waals surface area contributed by atoms with E-state index in [1.807, 2.05) is 53.2 Å². The molecule has 138 valence electrons. The number of methoxy groups -OCH3 is 1. The maximum atomic E-state index is 12.9. The number of hydrogen-bond acceptors (Lipinski definition) is 4. The molecule has 3 rings (SSSR count). The van der Waals surface area contributed by atoms with Crippen molar-refractivity contribution in [3.05, 3.63) is 84.4 Å². The number of hydrogen-bond donors (Lipinski definition) is 1. The highest BCUT2D eigenvalue weighted by Gasteiger charge is 2.28. The Morgan fingerprint density at radius 1 is 1.11 bits per heavy atom. The highest BCUT2D eigenvalue weighted by atomic mass is 16.5. The van der Waals surface area contributed by atoms with Crippen molar-refractivity contribution in [2.75, 3.05) is 7.11 Å². The van der Waals surface area contributed by atoms with Crippen molar-refractivity contribution < 1.29 is 14.3 Å². The zero-order chi connectivity index (χ0) is 19.2. The Morgan fingerprint density at radius 3 is 2.56 bits per heavy atom. The Kier molecular flexibility index (Phi) is 5.66. The van der Waals surface area contributed by atoms with Crippen LogP contribution in [-0.4, -0.2) is 28.5 Å². The number of imidazole rings is 1. The number of benzene rings is 2. The van der Waals surface area contributed by atoms with Crippen molar-refractivity contribution in [3.63, 3.8) is 0 Å². The van der Waals surface area contributed by atoms with Crippen molar-refractivity contribution in [1.82, 2.24) is 14.9 Å². The van der Waals surface area contributed by atoms with E-state index < -0.39 is 12.0 Å². The summed E-state index contributed by atoms with van der Waals surface area (Å²) >= 11 is 0. The fourth-order valence-corrected chi connectivity index (χ4v) is 2.92. The van der Waals surface area contributed by atoms with Crippen molar-refractivity contribution in [1.29, 1.82) is 0 Å². The molecule has 2 atom stereocenters. The number of carbonyl (C=O) groups excluding carboxylic acids is 2. The maximum absolute atomic E-state index is 12.9. The van der Waals surface area contributed by atoms with Crippen molar-refractivity contribution in [2.45, 2.75) is 13.0 Å². The van der Waals surface area contributed by atoms with Gasteiger partial charge in [-0.1, -0.05) is 36.4 Å². The van der Waals surface area contributed by atoms with E-state index in [4.69, 9.17) is 4.74 Å². The summed E-state index contributed by atoms with van der Waals surface area (Å²) in [4.78, 5) is 29.0. The number of carbonyl (C=O) groups is 2. The molecule has 0 aliphatic carbocycles. The summed E-state index contributed by atoms with van der Waals surface area (Å²) in [6, 6.07) is 16.1. The van der Waals surface area contributed by atoms with Gasteiger partial charge in [0.25, 0.3) is 5.91 Å². The molecule has 1 N–H and O–H groups in total. The predicted molar refractivity (Wildman–Crippen MR) is 101 cm³/mol. The lowest BCUT2D eigenvalue weighted by Crippen LogP contribution is -2.36. The molecule has 0 saturated heterocycles. The molecular formula is C21H21N3O3. The van der Waals surface area contributed by atoms with E-state index in [-0.39, 0.29) is 11.9 Å². The average Bonchev–Trinajstić information content (AvgIpc) is 3.26. The van der Waals surface area contributed by atoms with Gasteiger partial charge >= 0.3 is 5.97 Å². The van der Waals surface area contributed by atoms with E-state index >= 15 is 0 Å². The largest absolute Gasteiger partial charge is 0.469 e. The lowest BCUT2D eigenvalue weighted by atomic mass is 9.94. The summed E-state index contributed by atoms with van der Waals surface area (Å²) < 4.78 is 6.69. The standard InChI is InChI=1S/C21H21N3O3/c1-15(21(26)27-2)19(16-7-4-3-5-8-16)23-20(25)17-9-6-10-18(13-17)24-12-11-22-14-24/h3-15,19H,1-2H3,(H,23,25)/t15-,19+/m0/s1. The van der Waals surface area contributed by atoms with Crippen LogP contribution in [0.2, 0.25) is 0 Å². The summed E-state index contributed by atoms with van der Waals surface area (Å²) in [6.07, 6.45) is 5.16. The van der Waals surface area contributed by atoms with Gasteiger partial charge in [-0.05, 0) is 30.7 Å². The van der Waals surface area contributed by atoms with Crippen LogP contribution in [-0.2, 0) is 9.53 Å². The monoisotopic (exact) mass is 363 g/mol. The minimum Gasteiger partial charge on any atom is -0.469 e. The molecule has 0 aliphatic heterocycles. The number of nitrogens with one attached hydrogen (secondary N) is 1. The Morgan fingerprint density at radius 2 is 1.89 bits per heavy atom. The highest BCUT2D eigenvalue weighted by Crippen LogP contribution is 2.24. The number of rotatable bonds is 6. The number of ether oxygens (including phenoxy) is 1. The van der Waals surface area contributed by atoms with E-state index in [1.165, 1.54) is 7.11 Å². The average molecular weight is 363 g/mol. The summed E-state index contributed by atoms with van der Waals surface area (Å²) in [5.41, 5.74) is 2.17. The van der Waals surface area contributed by atoms with E-state index in [9.17, 15) is 9.59 Å². The molecule has 27 heavy (non-hydrogen) atoms. The van der Waals surface area contributed by atoms with Gasteiger partial charge in [-0.25, -0.2) is 4.98 Å².